The lowest BCUT2D eigenvalue weighted by atomic mass is 9.95. The Bertz CT molecular complexity index is 501. The van der Waals surface area contributed by atoms with Crippen molar-refractivity contribution in [2.45, 2.75) is 18.3 Å². The summed E-state index contributed by atoms with van der Waals surface area (Å²) < 4.78 is 31.6. The molecule has 3 N–H and O–H groups in total. The van der Waals surface area contributed by atoms with E-state index >= 15 is 0 Å². The smallest absolute Gasteiger partial charge is 0.188 e. The van der Waals surface area contributed by atoms with Gasteiger partial charge in [0.25, 0.3) is 0 Å². The number of halogens is 2. The van der Waals surface area contributed by atoms with Gasteiger partial charge >= 0.3 is 0 Å². The minimum absolute atomic E-state index is 0.316. The monoisotopic (exact) mass is 283 g/mol. The van der Waals surface area contributed by atoms with Crippen molar-refractivity contribution in [3.63, 3.8) is 0 Å². The predicted molar refractivity (Wildman–Crippen MR) is 73.6 cm³/mol. The minimum Gasteiger partial charge on any atom is -0.383 e. The predicted octanol–water partition coefficient (Wildman–Crippen LogP) is 1.55. The zero-order valence-corrected chi connectivity index (χ0v) is 11.5. The number of rotatable bonds is 6. The van der Waals surface area contributed by atoms with Crippen molar-refractivity contribution in [2.75, 3.05) is 26.8 Å². The Morgan fingerprint density at radius 2 is 2.20 bits per heavy atom. The van der Waals surface area contributed by atoms with Crippen molar-refractivity contribution in [2.24, 2.45) is 10.7 Å². The molecule has 0 saturated heterocycles. The van der Waals surface area contributed by atoms with Crippen molar-refractivity contribution in [3.05, 3.63) is 35.4 Å². The Morgan fingerprint density at radius 3 is 2.80 bits per heavy atom. The molecule has 0 heterocycles. The van der Waals surface area contributed by atoms with Crippen LogP contribution >= 0.6 is 0 Å². The topological polar surface area (TPSA) is 59.6 Å². The molecule has 2 rings (SSSR count). The lowest BCUT2D eigenvalue weighted by Gasteiger charge is -2.14. The van der Waals surface area contributed by atoms with E-state index in [1.54, 1.807) is 7.11 Å². The molecule has 0 aromatic heterocycles. The van der Waals surface area contributed by atoms with Gasteiger partial charge in [-0.2, -0.15) is 0 Å². The van der Waals surface area contributed by atoms with Gasteiger partial charge in [0.05, 0.1) is 13.2 Å². The zero-order chi connectivity index (χ0) is 14.6. The van der Waals surface area contributed by atoms with Gasteiger partial charge in [0.15, 0.2) is 5.96 Å². The molecule has 0 bridgehead atoms. The second-order valence-corrected chi connectivity index (χ2v) is 5.03. The van der Waals surface area contributed by atoms with Crippen LogP contribution in [0.15, 0.2) is 23.2 Å². The maximum atomic E-state index is 13.8. The van der Waals surface area contributed by atoms with Gasteiger partial charge in [-0.05, 0) is 24.5 Å². The Labute approximate surface area is 117 Å². The fourth-order valence-electron chi connectivity index (χ4n) is 2.16. The van der Waals surface area contributed by atoms with E-state index in [0.29, 0.717) is 31.2 Å². The second kappa shape index (κ2) is 6.17. The first-order chi connectivity index (χ1) is 9.57. The Kier molecular flexibility index (Phi) is 4.54. The summed E-state index contributed by atoms with van der Waals surface area (Å²) in [6, 6.07) is 3.70. The Balaban J connectivity index is 1.99. The highest BCUT2D eigenvalue weighted by Crippen LogP contribution is 2.49. The molecule has 0 unspecified atom stereocenters. The van der Waals surface area contributed by atoms with Gasteiger partial charge < -0.3 is 15.8 Å². The molecule has 110 valence electrons. The van der Waals surface area contributed by atoms with Crippen LogP contribution in [-0.4, -0.2) is 32.8 Å². The van der Waals surface area contributed by atoms with Crippen molar-refractivity contribution in [1.82, 2.24) is 5.32 Å². The van der Waals surface area contributed by atoms with E-state index in [0.717, 1.165) is 18.9 Å². The van der Waals surface area contributed by atoms with Crippen molar-refractivity contribution in [3.8, 4) is 0 Å². The van der Waals surface area contributed by atoms with E-state index < -0.39 is 11.6 Å². The molecule has 1 aliphatic carbocycles. The molecule has 0 aliphatic heterocycles. The summed E-state index contributed by atoms with van der Waals surface area (Å²) >= 11 is 0. The molecule has 1 aliphatic rings. The number of nitrogens with zero attached hydrogens (tertiary/aromatic N) is 1. The second-order valence-electron chi connectivity index (χ2n) is 5.03. The van der Waals surface area contributed by atoms with Crippen molar-refractivity contribution in [1.29, 1.82) is 0 Å². The number of methoxy groups -OCH3 is 1. The molecule has 0 radical (unpaired) electrons. The number of benzene rings is 1. The molecule has 0 amide bonds. The van der Waals surface area contributed by atoms with Crippen LogP contribution in [-0.2, 0) is 10.2 Å². The van der Waals surface area contributed by atoms with E-state index in [1.807, 2.05) is 0 Å². The molecule has 0 spiro atoms. The van der Waals surface area contributed by atoms with Crippen molar-refractivity contribution >= 4 is 5.96 Å². The van der Waals surface area contributed by atoms with Crippen LogP contribution in [0.1, 0.15) is 18.4 Å². The van der Waals surface area contributed by atoms with Crippen LogP contribution in [0.3, 0.4) is 0 Å². The molecule has 0 atom stereocenters. The maximum Gasteiger partial charge on any atom is 0.188 e. The summed E-state index contributed by atoms with van der Waals surface area (Å²) in [6.45, 7) is 1.51. The highest BCUT2D eigenvalue weighted by atomic mass is 19.1. The standard InChI is InChI=1S/C14H19F2N3O/c1-20-7-6-18-13(17)19-9-14(4-5-14)11-3-2-10(15)8-12(11)16/h2-3,8H,4-7,9H2,1H3,(H3,17,18,19). The van der Waals surface area contributed by atoms with Crippen molar-refractivity contribution < 1.29 is 13.5 Å². The van der Waals surface area contributed by atoms with Crippen LogP contribution in [0.5, 0.6) is 0 Å². The molecular weight excluding hydrogens is 264 g/mol. The highest BCUT2D eigenvalue weighted by Gasteiger charge is 2.45. The summed E-state index contributed by atoms with van der Waals surface area (Å²) in [5.74, 6) is -0.759. The molecule has 1 fully saturated rings. The summed E-state index contributed by atoms with van der Waals surface area (Å²) in [4.78, 5) is 4.24. The largest absolute Gasteiger partial charge is 0.383 e. The number of aliphatic imine (C=N–C) groups is 1. The van der Waals surface area contributed by atoms with Gasteiger partial charge in [0.2, 0.25) is 0 Å². The summed E-state index contributed by atoms with van der Waals surface area (Å²) in [7, 11) is 1.60. The van der Waals surface area contributed by atoms with E-state index in [9.17, 15) is 8.78 Å². The van der Waals surface area contributed by atoms with Gasteiger partial charge in [0.1, 0.15) is 11.6 Å². The van der Waals surface area contributed by atoms with E-state index in [1.165, 1.54) is 12.1 Å². The molecular formula is C14H19F2N3O. The van der Waals surface area contributed by atoms with Crippen LogP contribution in [0.25, 0.3) is 0 Å². The van der Waals surface area contributed by atoms with Crippen LogP contribution < -0.4 is 11.1 Å². The Morgan fingerprint density at radius 1 is 1.45 bits per heavy atom. The minimum atomic E-state index is -0.564. The van der Waals surface area contributed by atoms with Gasteiger partial charge in [0, 0.05) is 25.1 Å². The van der Waals surface area contributed by atoms with Crippen LogP contribution in [0.2, 0.25) is 0 Å². The maximum absolute atomic E-state index is 13.8. The van der Waals surface area contributed by atoms with E-state index in [-0.39, 0.29) is 5.41 Å². The normalized spacial score (nSPS) is 17.1. The molecule has 6 heteroatoms. The lowest BCUT2D eigenvalue weighted by molar-refractivity contribution is 0.204. The number of hydrogen-bond acceptors (Lipinski definition) is 2. The number of hydrogen-bond donors (Lipinski definition) is 2. The average Bonchev–Trinajstić information content (AvgIpc) is 3.18. The highest BCUT2D eigenvalue weighted by molar-refractivity contribution is 5.77. The van der Waals surface area contributed by atoms with Gasteiger partial charge in [-0.15, -0.1) is 0 Å². The molecule has 20 heavy (non-hydrogen) atoms. The van der Waals surface area contributed by atoms with Crippen LogP contribution in [0.4, 0.5) is 8.78 Å². The van der Waals surface area contributed by atoms with E-state index in [4.69, 9.17) is 10.5 Å². The number of guanidine groups is 1. The molecule has 4 nitrogen and oxygen atoms in total. The number of nitrogens with two attached hydrogens (primary N) is 1. The Hall–Kier alpha value is -1.69. The van der Waals surface area contributed by atoms with E-state index in [2.05, 4.69) is 10.3 Å². The fraction of sp³-hybridized carbons (Fsp3) is 0.500. The van der Waals surface area contributed by atoms with Gasteiger partial charge in [-0.1, -0.05) is 6.07 Å². The summed E-state index contributed by atoms with van der Waals surface area (Å²) in [5, 5.41) is 2.91. The summed E-state index contributed by atoms with van der Waals surface area (Å²) in [5.41, 5.74) is 5.91. The third kappa shape index (κ3) is 3.45. The lowest BCUT2D eigenvalue weighted by Crippen LogP contribution is -2.35. The van der Waals surface area contributed by atoms with Gasteiger partial charge in [-0.3, -0.25) is 4.99 Å². The fourth-order valence-corrected chi connectivity index (χ4v) is 2.16. The SMILES string of the molecule is COCCNC(N)=NCC1(c2ccc(F)cc2F)CC1. The molecule has 1 aromatic carbocycles. The molecule has 1 aromatic rings. The number of ether oxygens (including phenoxy) is 1. The number of nitrogens with one attached hydrogen (secondary N) is 1. The quantitative estimate of drug-likeness (QED) is 0.473. The summed E-state index contributed by atoms with van der Waals surface area (Å²) in [6.07, 6.45) is 1.68. The zero-order valence-electron chi connectivity index (χ0n) is 11.5. The molecule has 1 saturated carbocycles. The third-order valence-electron chi connectivity index (χ3n) is 3.52. The van der Waals surface area contributed by atoms with Crippen LogP contribution in [0, 0.1) is 11.6 Å². The first-order valence-electron chi connectivity index (χ1n) is 6.56. The first kappa shape index (κ1) is 14.7. The third-order valence-corrected chi connectivity index (χ3v) is 3.52. The average molecular weight is 283 g/mol. The first-order valence-corrected chi connectivity index (χ1v) is 6.56. The van der Waals surface area contributed by atoms with Gasteiger partial charge in [-0.25, -0.2) is 8.78 Å².